The SMILES string of the molecule is C[C@H](O[Si](C)(C)C(C)(C)C)[C@@H](O[Si](C)(C)C(C)(C)C)[C@@H]1O[C@@H]1C(=O)CO[Si](C)(C)C(C)(C)C. The molecule has 0 aliphatic carbocycles. The summed E-state index contributed by atoms with van der Waals surface area (Å²) in [6, 6.07) is 0. The van der Waals surface area contributed by atoms with Crippen LogP contribution < -0.4 is 0 Å². The molecular formula is C25H54O5Si3. The number of hydrogen-bond acceptors (Lipinski definition) is 5. The molecule has 0 unspecified atom stereocenters. The van der Waals surface area contributed by atoms with Crippen LogP contribution in [0, 0.1) is 0 Å². The molecule has 196 valence electrons. The van der Waals surface area contributed by atoms with Crippen LogP contribution in [-0.4, -0.2) is 61.8 Å². The van der Waals surface area contributed by atoms with Crippen LogP contribution >= 0.6 is 0 Å². The molecule has 1 rings (SSSR count). The summed E-state index contributed by atoms with van der Waals surface area (Å²) in [7, 11) is -6.09. The zero-order valence-corrected chi connectivity index (χ0v) is 27.6. The smallest absolute Gasteiger partial charge is 0.192 e. The Morgan fingerprint density at radius 1 is 0.758 bits per heavy atom. The highest BCUT2D eigenvalue weighted by Gasteiger charge is 2.56. The third kappa shape index (κ3) is 7.82. The maximum Gasteiger partial charge on any atom is 0.192 e. The highest BCUT2D eigenvalue weighted by atomic mass is 28.4. The van der Waals surface area contributed by atoms with Crippen molar-refractivity contribution < 1.29 is 22.8 Å². The Bertz CT molecular complexity index is 684. The fourth-order valence-electron chi connectivity index (χ4n) is 2.84. The van der Waals surface area contributed by atoms with E-state index in [9.17, 15) is 4.79 Å². The van der Waals surface area contributed by atoms with Crippen LogP contribution in [-0.2, 0) is 22.8 Å². The fraction of sp³-hybridized carbons (Fsp3) is 0.960. The second kappa shape index (κ2) is 9.90. The van der Waals surface area contributed by atoms with E-state index in [4.69, 9.17) is 18.0 Å². The lowest BCUT2D eigenvalue weighted by Crippen LogP contribution is -2.53. The van der Waals surface area contributed by atoms with Gasteiger partial charge in [0.2, 0.25) is 0 Å². The number of rotatable bonds is 10. The Balaban J connectivity index is 3.04. The molecule has 0 bridgehead atoms. The van der Waals surface area contributed by atoms with E-state index in [1.165, 1.54) is 0 Å². The van der Waals surface area contributed by atoms with Crippen molar-refractivity contribution in [1.82, 2.24) is 0 Å². The first-order valence-electron chi connectivity index (χ1n) is 12.5. The van der Waals surface area contributed by atoms with E-state index >= 15 is 0 Å². The summed E-state index contributed by atoms with van der Waals surface area (Å²) in [4.78, 5) is 13.0. The summed E-state index contributed by atoms with van der Waals surface area (Å²) < 4.78 is 25.8. The van der Waals surface area contributed by atoms with Gasteiger partial charge in [-0.25, -0.2) is 0 Å². The second-order valence-corrected chi connectivity index (χ2v) is 28.8. The molecule has 0 radical (unpaired) electrons. The first kappa shape index (κ1) is 31.2. The average molecular weight is 519 g/mol. The van der Waals surface area contributed by atoms with E-state index in [0.29, 0.717) is 0 Å². The largest absolute Gasteiger partial charge is 0.412 e. The van der Waals surface area contributed by atoms with Crippen molar-refractivity contribution in [2.45, 2.75) is 148 Å². The minimum atomic E-state index is -2.09. The van der Waals surface area contributed by atoms with Gasteiger partial charge in [0, 0.05) is 0 Å². The third-order valence-electron chi connectivity index (χ3n) is 8.53. The van der Waals surface area contributed by atoms with Crippen molar-refractivity contribution >= 4 is 30.7 Å². The molecule has 1 aliphatic heterocycles. The summed E-state index contributed by atoms with van der Waals surface area (Å²) in [6.07, 6.45) is -1.14. The molecule has 0 amide bonds. The summed E-state index contributed by atoms with van der Waals surface area (Å²) in [5.74, 6) is 0.0215. The Kier molecular flexibility index (Phi) is 9.36. The van der Waals surface area contributed by atoms with Crippen molar-refractivity contribution in [3.05, 3.63) is 0 Å². The highest BCUT2D eigenvalue weighted by molar-refractivity contribution is 6.75. The molecule has 0 aromatic carbocycles. The van der Waals surface area contributed by atoms with Crippen LogP contribution in [0.1, 0.15) is 69.2 Å². The summed E-state index contributed by atoms with van der Waals surface area (Å²) in [5, 5.41) is 0.220. The molecule has 8 heteroatoms. The molecule has 0 saturated carbocycles. The van der Waals surface area contributed by atoms with E-state index in [1.807, 2.05) is 0 Å². The molecule has 1 aliphatic rings. The van der Waals surface area contributed by atoms with Gasteiger partial charge < -0.3 is 18.0 Å². The maximum absolute atomic E-state index is 13.0. The van der Waals surface area contributed by atoms with E-state index < -0.39 is 31.1 Å². The zero-order valence-electron chi connectivity index (χ0n) is 24.6. The monoisotopic (exact) mass is 518 g/mol. The van der Waals surface area contributed by atoms with Crippen molar-refractivity contribution in [3.63, 3.8) is 0 Å². The van der Waals surface area contributed by atoms with Crippen molar-refractivity contribution in [2.24, 2.45) is 0 Å². The lowest BCUT2D eigenvalue weighted by atomic mass is 10.1. The van der Waals surface area contributed by atoms with Gasteiger partial charge in [0.1, 0.15) is 12.2 Å². The Hall–Kier alpha value is 0.161. The average Bonchev–Trinajstić information content (AvgIpc) is 3.34. The predicted molar refractivity (Wildman–Crippen MR) is 147 cm³/mol. The van der Waals surface area contributed by atoms with Crippen molar-refractivity contribution in [2.75, 3.05) is 6.61 Å². The molecule has 0 N–H and O–H groups in total. The van der Waals surface area contributed by atoms with Crippen LogP contribution in [0.4, 0.5) is 0 Å². The molecule has 0 aromatic heterocycles. The van der Waals surface area contributed by atoms with Crippen LogP contribution in [0.25, 0.3) is 0 Å². The van der Waals surface area contributed by atoms with E-state index in [0.717, 1.165) is 0 Å². The first-order valence-corrected chi connectivity index (χ1v) is 21.2. The predicted octanol–water partition coefficient (Wildman–Crippen LogP) is 7.15. The molecule has 1 fully saturated rings. The Morgan fingerprint density at radius 2 is 1.15 bits per heavy atom. The van der Waals surface area contributed by atoms with Gasteiger partial charge in [0.25, 0.3) is 0 Å². The number of epoxide rings is 1. The molecule has 33 heavy (non-hydrogen) atoms. The van der Waals surface area contributed by atoms with Crippen LogP contribution in [0.5, 0.6) is 0 Å². The molecular weight excluding hydrogens is 465 g/mol. The van der Waals surface area contributed by atoms with Gasteiger partial charge >= 0.3 is 0 Å². The van der Waals surface area contributed by atoms with E-state index in [2.05, 4.69) is 109 Å². The molecule has 4 atom stereocenters. The van der Waals surface area contributed by atoms with Crippen molar-refractivity contribution in [1.29, 1.82) is 0 Å². The van der Waals surface area contributed by atoms with Crippen LogP contribution in [0.2, 0.25) is 54.4 Å². The molecule has 1 heterocycles. The number of hydrogen-bond donors (Lipinski definition) is 0. The van der Waals surface area contributed by atoms with E-state index in [1.54, 1.807) is 0 Å². The van der Waals surface area contributed by atoms with Gasteiger partial charge in [0.15, 0.2) is 30.7 Å². The molecule has 0 aromatic rings. The summed E-state index contributed by atoms with van der Waals surface area (Å²) in [5.41, 5.74) is 0. The third-order valence-corrected chi connectivity index (χ3v) is 22.1. The minimum absolute atomic E-state index is 0.0215. The summed E-state index contributed by atoms with van der Waals surface area (Å²) in [6.45, 7) is 35.6. The number of ether oxygens (including phenoxy) is 1. The number of carbonyl (C=O) groups is 1. The zero-order chi connectivity index (χ0) is 26.4. The lowest BCUT2D eigenvalue weighted by Gasteiger charge is -2.44. The fourth-order valence-corrected chi connectivity index (χ4v) is 6.55. The summed E-state index contributed by atoms with van der Waals surface area (Å²) >= 11 is 0. The first-order chi connectivity index (χ1) is 14.3. The van der Waals surface area contributed by atoms with Crippen LogP contribution in [0.3, 0.4) is 0 Å². The van der Waals surface area contributed by atoms with Gasteiger partial charge in [-0.3, -0.25) is 4.79 Å². The normalized spacial score (nSPS) is 22.8. The van der Waals surface area contributed by atoms with Crippen LogP contribution in [0.15, 0.2) is 0 Å². The van der Waals surface area contributed by atoms with Gasteiger partial charge in [-0.05, 0) is 61.3 Å². The molecule has 0 spiro atoms. The Morgan fingerprint density at radius 3 is 1.55 bits per heavy atom. The van der Waals surface area contributed by atoms with Gasteiger partial charge in [-0.1, -0.05) is 62.3 Å². The van der Waals surface area contributed by atoms with E-state index in [-0.39, 0.29) is 45.8 Å². The van der Waals surface area contributed by atoms with Crippen molar-refractivity contribution in [3.8, 4) is 0 Å². The topological polar surface area (TPSA) is 57.3 Å². The number of carbonyl (C=O) groups excluding carboxylic acids is 1. The second-order valence-electron chi connectivity index (χ2n) is 14.5. The lowest BCUT2D eigenvalue weighted by molar-refractivity contribution is -0.122. The highest BCUT2D eigenvalue weighted by Crippen LogP contribution is 2.43. The maximum atomic E-state index is 13.0. The number of Topliss-reactive ketones (excluding diaryl/α,β-unsaturated/α-hetero) is 1. The van der Waals surface area contributed by atoms with Gasteiger partial charge in [-0.2, -0.15) is 0 Å². The minimum Gasteiger partial charge on any atom is -0.412 e. The standard InChI is InChI=1S/C25H54O5Si3/c1-18(29-32(13,14)24(5,6)7)20(30-33(15,16)25(8,9)10)22-21(28-22)19(26)17-27-31(11,12)23(2,3)4/h18,20-22H,17H2,1-16H3/t18-,20+,21+,22-/m0/s1. The quantitative estimate of drug-likeness (QED) is 0.227. The molecule has 1 saturated heterocycles. The number of ketones is 1. The Labute approximate surface area is 208 Å². The van der Waals surface area contributed by atoms with Gasteiger partial charge in [-0.15, -0.1) is 0 Å². The van der Waals surface area contributed by atoms with Gasteiger partial charge in [0.05, 0.1) is 18.8 Å². The molecule has 5 nitrogen and oxygen atoms in total.